The predicted octanol–water partition coefficient (Wildman–Crippen LogP) is 4.83. The molecule has 0 radical (unpaired) electrons. The Morgan fingerprint density at radius 1 is 1.11 bits per heavy atom. The highest BCUT2D eigenvalue weighted by Crippen LogP contribution is 2.42. The molecule has 2 atom stereocenters. The van der Waals surface area contributed by atoms with Crippen LogP contribution in [0.15, 0.2) is 45.6 Å². The zero-order chi connectivity index (χ0) is 25.6. The Morgan fingerprint density at radius 2 is 1.89 bits per heavy atom. The molecule has 3 aromatic rings. The number of nitrogens with zero attached hydrogens (tertiary/aromatic N) is 5. The smallest absolute Gasteiger partial charge is 0.262 e. The van der Waals surface area contributed by atoms with Crippen LogP contribution < -0.4 is 16.2 Å². The van der Waals surface area contributed by atoms with E-state index >= 15 is 0 Å². The molecule has 0 amide bonds. The maximum atomic E-state index is 13.4. The second-order valence-corrected chi connectivity index (χ2v) is 12.2. The van der Waals surface area contributed by atoms with E-state index in [1.54, 1.807) is 17.1 Å². The van der Waals surface area contributed by atoms with Crippen LogP contribution in [0.25, 0.3) is 10.9 Å². The van der Waals surface area contributed by atoms with E-state index in [-0.39, 0.29) is 29.2 Å². The molecule has 8 nitrogen and oxygen atoms in total. The molecule has 0 unspecified atom stereocenters. The van der Waals surface area contributed by atoms with Gasteiger partial charge in [0.1, 0.15) is 10.8 Å². The number of aromatic nitrogens is 4. The first kappa shape index (κ1) is 25.1. The molecule has 1 spiro atoms. The van der Waals surface area contributed by atoms with Crippen LogP contribution in [0.5, 0.6) is 0 Å². The van der Waals surface area contributed by atoms with E-state index in [1.807, 2.05) is 18.3 Å². The van der Waals surface area contributed by atoms with Crippen molar-refractivity contribution in [1.82, 2.24) is 19.5 Å². The fourth-order valence-electron chi connectivity index (χ4n) is 6.15. The number of rotatable bonds is 4. The monoisotopic (exact) mass is 540 g/mol. The molecule has 2 aliphatic heterocycles. The zero-order valence-electron chi connectivity index (χ0n) is 21.1. The number of nitrogens with two attached hydrogens (primary N) is 1. The highest BCUT2D eigenvalue weighted by molar-refractivity contribution is 7.99. The van der Waals surface area contributed by atoms with E-state index in [0.717, 1.165) is 74.0 Å². The van der Waals surface area contributed by atoms with Crippen molar-refractivity contribution in [3.05, 3.63) is 46.2 Å². The van der Waals surface area contributed by atoms with Crippen LogP contribution in [-0.2, 0) is 4.74 Å². The second kappa shape index (κ2) is 10.2. The lowest BCUT2D eigenvalue weighted by molar-refractivity contribution is 0.0974. The molecule has 1 aromatic carbocycles. The summed E-state index contributed by atoms with van der Waals surface area (Å²) in [7, 11) is 0. The summed E-state index contributed by atoms with van der Waals surface area (Å²) >= 11 is 8.21. The lowest BCUT2D eigenvalue weighted by Crippen LogP contribution is -2.50. The van der Waals surface area contributed by atoms with E-state index in [2.05, 4.69) is 21.8 Å². The molecule has 2 aromatic heterocycles. The third-order valence-corrected chi connectivity index (χ3v) is 10.1. The van der Waals surface area contributed by atoms with Gasteiger partial charge in [0, 0.05) is 35.5 Å². The van der Waals surface area contributed by atoms with E-state index < -0.39 is 0 Å². The summed E-state index contributed by atoms with van der Waals surface area (Å²) in [6.45, 7) is 4.60. The van der Waals surface area contributed by atoms with Gasteiger partial charge >= 0.3 is 0 Å². The number of piperidine rings is 1. The second-order valence-electron chi connectivity index (χ2n) is 10.7. The lowest BCUT2D eigenvalue weighted by atomic mass is 9.73. The summed E-state index contributed by atoms with van der Waals surface area (Å²) in [6, 6.07) is 4.06. The van der Waals surface area contributed by atoms with E-state index in [4.69, 9.17) is 27.1 Å². The van der Waals surface area contributed by atoms with Crippen molar-refractivity contribution in [3.8, 4) is 0 Å². The summed E-state index contributed by atoms with van der Waals surface area (Å²) in [6.07, 6.45) is 12.9. The summed E-state index contributed by atoms with van der Waals surface area (Å²) < 4.78 is 7.62. The standard InChI is InChI=1S/C27H33ClN6O2S/c1-17-25(29)27(15-36-17)9-11-33(12-10-27)21-13-31-22(14-30-21)37-20-8-7-19-23(24(20)28)26(35)34(16-32-19)18-5-3-2-4-6-18/h7-8,13-14,16-18,25H,2-6,9-12,15,29H2,1H3/t17-,25+/m0/s1. The fraction of sp³-hybridized carbons (Fsp3) is 0.556. The van der Waals surface area contributed by atoms with E-state index in [1.165, 1.54) is 18.2 Å². The SMILES string of the molecule is C[C@@H]1OCC2(CCN(c3cnc(Sc4ccc5ncn(C6CCCCC6)c(=O)c5c4Cl)cn3)CC2)[C@@H]1N. The summed E-state index contributed by atoms with van der Waals surface area (Å²) in [5.41, 5.74) is 7.10. The Kier molecular flexibility index (Phi) is 6.90. The molecule has 3 aliphatic rings. The van der Waals surface area contributed by atoms with Crippen LogP contribution in [0.4, 0.5) is 5.82 Å². The van der Waals surface area contributed by atoms with Crippen LogP contribution in [0.3, 0.4) is 0 Å². The van der Waals surface area contributed by atoms with Crippen LogP contribution in [0.1, 0.15) is 57.9 Å². The molecular formula is C27H33ClN6O2S. The highest BCUT2D eigenvalue weighted by Gasteiger charge is 2.47. The third kappa shape index (κ3) is 4.64. The van der Waals surface area contributed by atoms with E-state index in [9.17, 15) is 4.79 Å². The van der Waals surface area contributed by atoms with Crippen molar-refractivity contribution < 1.29 is 4.74 Å². The largest absolute Gasteiger partial charge is 0.376 e. The van der Waals surface area contributed by atoms with Crippen molar-refractivity contribution in [2.45, 2.75) is 80.0 Å². The van der Waals surface area contributed by atoms with Crippen LogP contribution in [0.2, 0.25) is 5.02 Å². The molecule has 4 heterocycles. The molecule has 1 aliphatic carbocycles. The molecule has 2 N–H and O–H groups in total. The average molecular weight is 541 g/mol. The van der Waals surface area contributed by atoms with E-state index in [0.29, 0.717) is 15.9 Å². The highest BCUT2D eigenvalue weighted by atomic mass is 35.5. The predicted molar refractivity (Wildman–Crippen MR) is 147 cm³/mol. The van der Waals surface area contributed by atoms with Crippen molar-refractivity contribution in [3.63, 3.8) is 0 Å². The number of hydrogen-bond acceptors (Lipinski definition) is 8. The molecule has 1 saturated carbocycles. The topological polar surface area (TPSA) is 99.2 Å². The quantitative estimate of drug-likeness (QED) is 0.502. The lowest BCUT2D eigenvalue weighted by Gasteiger charge is -2.41. The maximum Gasteiger partial charge on any atom is 0.262 e. The first-order valence-corrected chi connectivity index (χ1v) is 14.5. The third-order valence-electron chi connectivity index (χ3n) is 8.58. The van der Waals surface area contributed by atoms with Crippen molar-refractivity contribution in [2.24, 2.45) is 11.1 Å². The van der Waals surface area contributed by atoms with Crippen molar-refractivity contribution in [2.75, 3.05) is 24.6 Å². The minimum atomic E-state index is -0.0598. The maximum absolute atomic E-state index is 13.4. The van der Waals surface area contributed by atoms with Gasteiger partial charge in [-0.05, 0) is 44.7 Å². The number of benzene rings is 1. The van der Waals surface area contributed by atoms with Gasteiger partial charge in [0.05, 0.1) is 47.4 Å². The molecule has 0 bridgehead atoms. The van der Waals surface area contributed by atoms with Gasteiger partial charge in [-0.3, -0.25) is 9.36 Å². The van der Waals surface area contributed by atoms with Gasteiger partial charge in [-0.25, -0.2) is 15.0 Å². The summed E-state index contributed by atoms with van der Waals surface area (Å²) in [5.74, 6) is 0.865. The molecule has 196 valence electrons. The van der Waals surface area contributed by atoms with Gasteiger partial charge in [-0.2, -0.15) is 0 Å². The number of hydrogen-bond donors (Lipinski definition) is 1. The van der Waals surface area contributed by atoms with Gasteiger partial charge in [0.25, 0.3) is 5.56 Å². The van der Waals surface area contributed by atoms with Gasteiger partial charge in [0.15, 0.2) is 0 Å². The Balaban J connectivity index is 1.18. The zero-order valence-corrected chi connectivity index (χ0v) is 22.7. The minimum absolute atomic E-state index is 0.0598. The Bertz CT molecular complexity index is 1340. The molecule has 37 heavy (non-hydrogen) atoms. The van der Waals surface area contributed by atoms with Crippen molar-refractivity contribution >= 4 is 40.1 Å². The molecular weight excluding hydrogens is 508 g/mol. The number of anilines is 1. The molecule has 2 saturated heterocycles. The first-order chi connectivity index (χ1) is 17.9. The van der Waals surface area contributed by atoms with Gasteiger partial charge in [-0.15, -0.1) is 0 Å². The Hall–Kier alpha value is -2.20. The number of fused-ring (bicyclic) bond motifs is 1. The van der Waals surface area contributed by atoms with Gasteiger partial charge in [0.2, 0.25) is 0 Å². The molecule has 3 fully saturated rings. The van der Waals surface area contributed by atoms with Gasteiger partial charge in [-0.1, -0.05) is 42.6 Å². The van der Waals surface area contributed by atoms with Crippen molar-refractivity contribution in [1.29, 1.82) is 0 Å². The van der Waals surface area contributed by atoms with Crippen LogP contribution >= 0.6 is 23.4 Å². The Labute approximate surface area is 226 Å². The number of ether oxygens (including phenoxy) is 1. The molecule has 6 rings (SSSR count). The average Bonchev–Trinajstić information content (AvgIpc) is 3.20. The molecule has 10 heteroatoms. The van der Waals surface area contributed by atoms with Gasteiger partial charge < -0.3 is 15.4 Å². The normalized spacial score (nSPS) is 24.2. The fourth-order valence-corrected chi connectivity index (χ4v) is 7.27. The first-order valence-electron chi connectivity index (χ1n) is 13.3. The van der Waals surface area contributed by atoms with Crippen LogP contribution in [0, 0.1) is 5.41 Å². The minimum Gasteiger partial charge on any atom is -0.376 e. The van der Waals surface area contributed by atoms with Crippen LogP contribution in [-0.4, -0.2) is 51.4 Å². The summed E-state index contributed by atoms with van der Waals surface area (Å²) in [5, 5.41) is 1.65. The summed E-state index contributed by atoms with van der Waals surface area (Å²) in [4.78, 5) is 30.3. The Morgan fingerprint density at radius 3 is 2.57 bits per heavy atom. The number of halogens is 1.